The molecule has 2 aromatic rings. The molecule has 2 rings (SSSR count). The molecule has 0 spiro atoms. The Labute approximate surface area is 141 Å². The summed E-state index contributed by atoms with van der Waals surface area (Å²) >= 11 is 0. The molecule has 0 aliphatic carbocycles. The molecule has 0 aliphatic heterocycles. The summed E-state index contributed by atoms with van der Waals surface area (Å²) < 4.78 is 24.5. The van der Waals surface area contributed by atoms with Crippen LogP contribution in [0.4, 0.5) is 0 Å². The minimum Gasteiger partial charge on any atom is -0.344 e. The number of aromatic nitrogens is 3. The van der Waals surface area contributed by atoms with Gasteiger partial charge in [-0.1, -0.05) is 24.3 Å². The number of nitrogens with two attached hydrogens (primary N) is 1. The molecule has 9 heteroatoms. The maximum absolute atomic E-state index is 12.3. The van der Waals surface area contributed by atoms with Crippen LogP contribution in [0.2, 0.25) is 0 Å². The second-order valence-corrected chi connectivity index (χ2v) is 7.45. The Kier molecular flexibility index (Phi) is 5.68. The zero-order chi connectivity index (χ0) is 17.7. The monoisotopic (exact) mass is 351 g/mol. The lowest BCUT2D eigenvalue weighted by atomic mass is 10.0. The predicted molar refractivity (Wildman–Crippen MR) is 89.1 cm³/mol. The Hall–Kier alpha value is -2.26. The molecule has 1 aromatic heterocycles. The third kappa shape index (κ3) is 4.39. The summed E-state index contributed by atoms with van der Waals surface area (Å²) in [7, 11) is -3.24. The highest BCUT2D eigenvalue weighted by Crippen LogP contribution is 2.19. The van der Waals surface area contributed by atoms with Crippen molar-refractivity contribution < 1.29 is 13.2 Å². The molecule has 0 aliphatic rings. The summed E-state index contributed by atoms with van der Waals surface area (Å²) in [6, 6.07) is 6.24. The van der Waals surface area contributed by atoms with Crippen molar-refractivity contribution in [1.82, 2.24) is 20.3 Å². The number of rotatable bonds is 7. The van der Waals surface area contributed by atoms with Crippen LogP contribution in [-0.4, -0.2) is 42.1 Å². The van der Waals surface area contributed by atoms with Crippen LogP contribution in [0.15, 0.2) is 35.4 Å². The van der Waals surface area contributed by atoms with Crippen LogP contribution < -0.4 is 11.1 Å². The van der Waals surface area contributed by atoms with Gasteiger partial charge >= 0.3 is 0 Å². The first-order valence-electron chi connectivity index (χ1n) is 7.56. The van der Waals surface area contributed by atoms with E-state index in [0.29, 0.717) is 19.5 Å². The van der Waals surface area contributed by atoms with Crippen LogP contribution in [0, 0.1) is 0 Å². The Bertz CT molecular complexity index is 799. The molecule has 0 radical (unpaired) electrons. The van der Waals surface area contributed by atoms with Gasteiger partial charge in [0.2, 0.25) is 0 Å². The zero-order valence-electron chi connectivity index (χ0n) is 13.6. The molecule has 8 nitrogen and oxygen atoms in total. The lowest BCUT2D eigenvalue weighted by Gasteiger charge is -2.17. The second-order valence-electron chi connectivity index (χ2n) is 5.43. The Balaban J connectivity index is 2.12. The van der Waals surface area contributed by atoms with Crippen molar-refractivity contribution in [3.63, 3.8) is 0 Å². The summed E-state index contributed by atoms with van der Waals surface area (Å²) in [5.41, 5.74) is 6.48. The van der Waals surface area contributed by atoms with Gasteiger partial charge in [0.1, 0.15) is 0 Å². The van der Waals surface area contributed by atoms with E-state index in [4.69, 9.17) is 5.73 Å². The molecule has 0 bridgehead atoms. The Morgan fingerprint density at radius 2 is 2.00 bits per heavy atom. The second kappa shape index (κ2) is 7.54. The van der Waals surface area contributed by atoms with Gasteiger partial charge in [-0.3, -0.25) is 9.48 Å². The first kappa shape index (κ1) is 18.1. The van der Waals surface area contributed by atoms with Gasteiger partial charge in [-0.05, 0) is 24.1 Å². The summed E-state index contributed by atoms with van der Waals surface area (Å²) in [6.07, 6.45) is 3.36. The number of nitrogens with zero attached hydrogens (tertiary/aromatic N) is 3. The number of hydrogen-bond acceptors (Lipinski definition) is 6. The number of nitrogens with one attached hydrogen (secondary N) is 1. The van der Waals surface area contributed by atoms with E-state index >= 15 is 0 Å². The number of amides is 1. The molecular formula is C15H21N5O3S. The van der Waals surface area contributed by atoms with E-state index < -0.39 is 9.84 Å². The molecule has 1 amide bonds. The van der Waals surface area contributed by atoms with E-state index in [1.54, 1.807) is 18.3 Å². The van der Waals surface area contributed by atoms with E-state index in [-0.39, 0.29) is 22.5 Å². The minimum absolute atomic E-state index is 0.217. The van der Waals surface area contributed by atoms with Gasteiger partial charge in [0, 0.05) is 12.8 Å². The number of carbonyl (C=O) groups is 1. The maximum atomic E-state index is 12.3. The fraction of sp³-hybridized carbons (Fsp3) is 0.400. The molecule has 0 saturated carbocycles. The first-order valence-corrected chi connectivity index (χ1v) is 9.45. The Morgan fingerprint density at radius 1 is 1.33 bits per heavy atom. The van der Waals surface area contributed by atoms with Gasteiger partial charge in [-0.15, -0.1) is 5.10 Å². The molecule has 0 saturated heterocycles. The summed E-state index contributed by atoms with van der Waals surface area (Å²) in [5.74, 6) is -0.336. The number of hydrogen-bond donors (Lipinski definition) is 2. The number of carbonyl (C=O) groups excluding carboxylic acids is 1. The van der Waals surface area contributed by atoms with E-state index in [0.717, 1.165) is 11.8 Å². The number of benzene rings is 1. The summed E-state index contributed by atoms with van der Waals surface area (Å²) in [5, 5.41) is 10.5. The van der Waals surface area contributed by atoms with Crippen molar-refractivity contribution in [2.75, 3.05) is 12.8 Å². The quantitative estimate of drug-likeness (QED) is 0.750. The molecular weight excluding hydrogens is 330 g/mol. The van der Waals surface area contributed by atoms with Crippen molar-refractivity contribution in [2.24, 2.45) is 5.73 Å². The fourth-order valence-electron chi connectivity index (χ4n) is 2.24. The maximum Gasteiger partial charge on any atom is 0.273 e. The highest BCUT2D eigenvalue weighted by atomic mass is 32.2. The fourth-order valence-corrected chi connectivity index (χ4v) is 2.88. The lowest BCUT2D eigenvalue weighted by molar-refractivity contribution is 0.0930. The van der Waals surface area contributed by atoms with Crippen molar-refractivity contribution in [3.8, 4) is 0 Å². The molecule has 1 aromatic carbocycles. The SMILES string of the molecule is CC[C@H](NC(=O)c1cn(CCN)nn1)c1ccc(S(C)(=O)=O)cc1. The topological polar surface area (TPSA) is 120 Å². The van der Waals surface area contributed by atoms with Crippen LogP contribution >= 0.6 is 0 Å². The van der Waals surface area contributed by atoms with Crippen molar-refractivity contribution in [3.05, 3.63) is 41.7 Å². The largest absolute Gasteiger partial charge is 0.344 e. The number of sulfone groups is 1. The minimum atomic E-state index is -3.24. The normalized spacial score (nSPS) is 12.8. The Morgan fingerprint density at radius 3 is 2.54 bits per heavy atom. The van der Waals surface area contributed by atoms with E-state index in [2.05, 4.69) is 15.6 Å². The zero-order valence-corrected chi connectivity index (χ0v) is 14.5. The van der Waals surface area contributed by atoms with Crippen LogP contribution in [0.3, 0.4) is 0 Å². The van der Waals surface area contributed by atoms with Gasteiger partial charge in [0.25, 0.3) is 5.91 Å². The molecule has 3 N–H and O–H groups in total. The van der Waals surface area contributed by atoms with Gasteiger partial charge < -0.3 is 11.1 Å². The van der Waals surface area contributed by atoms with Gasteiger partial charge in [0.05, 0.1) is 23.7 Å². The smallest absolute Gasteiger partial charge is 0.273 e. The van der Waals surface area contributed by atoms with Gasteiger partial charge in [-0.2, -0.15) is 0 Å². The molecule has 1 heterocycles. The average molecular weight is 351 g/mol. The van der Waals surface area contributed by atoms with E-state index in [1.165, 1.54) is 16.8 Å². The molecule has 0 unspecified atom stereocenters. The van der Waals surface area contributed by atoms with E-state index in [9.17, 15) is 13.2 Å². The molecule has 0 fully saturated rings. The van der Waals surface area contributed by atoms with Crippen LogP contribution in [0.1, 0.15) is 35.4 Å². The van der Waals surface area contributed by atoms with Crippen molar-refractivity contribution >= 4 is 15.7 Å². The van der Waals surface area contributed by atoms with Gasteiger partial charge in [0.15, 0.2) is 15.5 Å². The van der Waals surface area contributed by atoms with Crippen LogP contribution in [-0.2, 0) is 16.4 Å². The van der Waals surface area contributed by atoms with Gasteiger partial charge in [-0.25, -0.2) is 8.42 Å². The van der Waals surface area contributed by atoms with Crippen molar-refractivity contribution in [2.45, 2.75) is 30.8 Å². The first-order chi connectivity index (χ1) is 11.3. The highest BCUT2D eigenvalue weighted by molar-refractivity contribution is 7.90. The highest BCUT2D eigenvalue weighted by Gasteiger charge is 2.17. The van der Waals surface area contributed by atoms with Crippen LogP contribution in [0.5, 0.6) is 0 Å². The predicted octanol–water partition coefficient (Wildman–Crippen LogP) is 0.521. The summed E-state index contributed by atoms with van der Waals surface area (Å²) in [6.45, 7) is 2.83. The molecule has 24 heavy (non-hydrogen) atoms. The average Bonchev–Trinajstić information content (AvgIpc) is 3.01. The van der Waals surface area contributed by atoms with Crippen molar-refractivity contribution in [1.29, 1.82) is 0 Å². The molecule has 130 valence electrons. The standard InChI is InChI=1S/C15H21N5O3S/c1-3-13(11-4-6-12(7-5-11)24(2,22)23)17-15(21)14-10-20(9-8-16)19-18-14/h4-7,10,13H,3,8-9,16H2,1-2H3,(H,17,21)/t13-/m0/s1. The summed E-state index contributed by atoms with van der Waals surface area (Å²) in [4.78, 5) is 12.5. The molecule has 1 atom stereocenters. The third-order valence-electron chi connectivity index (χ3n) is 3.55. The van der Waals surface area contributed by atoms with Crippen LogP contribution in [0.25, 0.3) is 0 Å². The van der Waals surface area contributed by atoms with E-state index in [1.807, 2.05) is 6.92 Å². The lowest BCUT2D eigenvalue weighted by Crippen LogP contribution is -2.28. The third-order valence-corrected chi connectivity index (χ3v) is 4.68.